The largest absolute Gasteiger partial charge is 0.462 e. The Hall–Kier alpha value is -1.40. The molecule has 3 atom stereocenters. The van der Waals surface area contributed by atoms with E-state index in [2.05, 4.69) is 38.2 Å². The van der Waals surface area contributed by atoms with Gasteiger partial charge >= 0.3 is 5.97 Å². The molecule has 0 aliphatic rings. The van der Waals surface area contributed by atoms with Crippen LogP contribution in [0.1, 0.15) is 329 Å². The fraction of sp³-hybridized carbons (Fsp3) is 0.932. The number of ether oxygens (including phenoxy) is 1. The molecule has 0 aromatic heterocycles. The van der Waals surface area contributed by atoms with Crippen LogP contribution in [0.3, 0.4) is 0 Å². The van der Waals surface area contributed by atoms with E-state index in [4.69, 9.17) is 4.74 Å². The molecule has 0 aliphatic heterocycles. The topological polar surface area (TPSA) is 95.9 Å². The van der Waals surface area contributed by atoms with Gasteiger partial charge in [0.15, 0.2) is 0 Å². The van der Waals surface area contributed by atoms with E-state index in [1.165, 1.54) is 238 Å². The standard InChI is InChI=1S/C59H115NO5/c1-4-7-10-13-16-19-22-25-28-29-31-32-35-38-41-44-47-50-55(65-59(64)52-49-46-43-40-37-34-30-26-23-20-17-14-11-8-5-2)53-58(63)60-56(54-61)57(62)51-48-45-42-39-36-33-27-24-21-18-15-12-9-6-3/h20,23,55-57,61-62H,4-19,21-22,24-54H2,1-3H3,(H,60,63)/b23-20-. The smallest absolute Gasteiger partial charge is 0.306 e. The summed E-state index contributed by atoms with van der Waals surface area (Å²) < 4.78 is 5.97. The minimum atomic E-state index is -0.783. The minimum absolute atomic E-state index is 0.0840. The van der Waals surface area contributed by atoms with Gasteiger partial charge in [-0.3, -0.25) is 9.59 Å². The number of carbonyl (C=O) groups is 2. The van der Waals surface area contributed by atoms with E-state index in [1.807, 2.05) is 0 Å². The lowest BCUT2D eigenvalue weighted by atomic mass is 10.0. The van der Waals surface area contributed by atoms with Crippen molar-refractivity contribution in [2.45, 2.75) is 347 Å². The molecule has 3 N–H and O–H groups in total. The Morgan fingerprint density at radius 2 is 0.738 bits per heavy atom. The molecule has 0 fully saturated rings. The second-order valence-electron chi connectivity index (χ2n) is 20.4. The van der Waals surface area contributed by atoms with E-state index in [9.17, 15) is 19.8 Å². The molecule has 0 aromatic rings. The highest BCUT2D eigenvalue weighted by atomic mass is 16.5. The van der Waals surface area contributed by atoms with Crippen molar-refractivity contribution in [3.8, 4) is 0 Å². The first-order valence-corrected chi connectivity index (χ1v) is 29.4. The van der Waals surface area contributed by atoms with Gasteiger partial charge in [-0.15, -0.1) is 0 Å². The fourth-order valence-corrected chi connectivity index (χ4v) is 9.37. The van der Waals surface area contributed by atoms with Gasteiger partial charge in [-0.2, -0.15) is 0 Å². The van der Waals surface area contributed by atoms with Crippen LogP contribution in [0.4, 0.5) is 0 Å². The Morgan fingerprint density at radius 3 is 1.11 bits per heavy atom. The maximum Gasteiger partial charge on any atom is 0.306 e. The zero-order chi connectivity index (χ0) is 47.4. The summed E-state index contributed by atoms with van der Waals surface area (Å²) in [5.41, 5.74) is 0. The lowest BCUT2D eigenvalue weighted by Crippen LogP contribution is -2.46. The summed E-state index contributed by atoms with van der Waals surface area (Å²) in [5.74, 6) is -0.455. The van der Waals surface area contributed by atoms with Crippen molar-refractivity contribution in [2.75, 3.05) is 6.61 Å². The van der Waals surface area contributed by atoms with Crippen LogP contribution in [0, 0.1) is 0 Å². The van der Waals surface area contributed by atoms with Crippen LogP contribution < -0.4 is 5.32 Å². The predicted octanol–water partition coefficient (Wildman–Crippen LogP) is 18.1. The third-order valence-electron chi connectivity index (χ3n) is 13.8. The highest BCUT2D eigenvalue weighted by Gasteiger charge is 2.24. The number of aliphatic hydroxyl groups is 2. The molecule has 6 nitrogen and oxygen atoms in total. The number of carbonyl (C=O) groups excluding carboxylic acids is 2. The van der Waals surface area contributed by atoms with Crippen LogP contribution in [-0.2, 0) is 14.3 Å². The molecule has 0 spiro atoms. The summed E-state index contributed by atoms with van der Waals surface area (Å²) in [7, 11) is 0. The SMILES string of the molecule is CCCCCC/C=C\CCCCCCCCCC(=O)OC(CCCCCCCCCCCCCCCCCCC)CC(=O)NC(CO)C(O)CCCCCCCCCCCCCCCC. The van der Waals surface area contributed by atoms with E-state index >= 15 is 0 Å². The Labute approximate surface area is 406 Å². The van der Waals surface area contributed by atoms with Gasteiger partial charge in [0.1, 0.15) is 6.10 Å². The zero-order valence-electron chi connectivity index (χ0n) is 44.2. The molecule has 0 aromatic carbocycles. The van der Waals surface area contributed by atoms with Crippen LogP contribution in [0.5, 0.6) is 0 Å². The Balaban J connectivity index is 4.51. The number of hydrogen-bond donors (Lipinski definition) is 3. The monoisotopic (exact) mass is 918 g/mol. The molecule has 65 heavy (non-hydrogen) atoms. The first kappa shape index (κ1) is 63.6. The normalized spacial score (nSPS) is 13.1. The third kappa shape index (κ3) is 48.9. The molecule has 386 valence electrons. The van der Waals surface area contributed by atoms with Crippen molar-refractivity contribution in [3.63, 3.8) is 0 Å². The molecule has 6 heteroatoms. The van der Waals surface area contributed by atoms with Gasteiger partial charge in [-0.25, -0.2) is 0 Å². The highest BCUT2D eigenvalue weighted by Crippen LogP contribution is 2.19. The van der Waals surface area contributed by atoms with E-state index in [0.717, 1.165) is 44.9 Å². The predicted molar refractivity (Wildman–Crippen MR) is 283 cm³/mol. The maximum atomic E-state index is 13.3. The molecular weight excluding hydrogens is 803 g/mol. The van der Waals surface area contributed by atoms with Crippen LogP contribution in [0.15, 0.2) is 12.2 Å². The van der Waals surface area contributed by atoms with Gasteiger partial charge in [0, 0.05) is 6.42 Å². The summed E-state index contributed by atoms with van der Waals surface area (Å²) in [6, 6.07) is -0.696. The number of aliphatic hydroxyl groups excluding tert-OH is 2. The summed E-state index contributed by atoms with van der Waals surface area (Å²) in [5, 5.41) is 23.9. The van der Waals surface area contributed by atoms with Crippen molar-refractivity contribution in [1.82, 2.24) is 5.32 Å². The number of rotatable bonds is 54. The molecule has 3 unspecified atom stereocenters. The Bertz CT molecular complexity index is 986. The average molecular weight is 919 g/mol. The maximum absolute atomic E-state index is 13.3. The molecule has 0 heterocycles. The highest BCUT2D eigenvalue weighted by molar-refractivity contribution is 5.77. The molecule has 0 bridgehead atoms. The Kier molecular flexibility index (Phi) is 52.4. The molecule has 0 saturated carbocycles. The lowest BCUT2D eigenvalue weighted by Gasteiger charge is -2.24. The average Bonchev–Trinajstić information content (AvgIpc) is 3.30. The molecule has 0 saturated heterocycles. The molecule has 0 aliphatic carbocycles. The zero-order valence-corrected chi connectivity index (χ0v) is 44.2. The van der Waals surface area contributed by atoms with Gasteiger partial charge < -0.3 is 20.3 Å². The molecule has 0 radical (unpaired) electrons. The van der Waals surface area contributed by atoms with E-state index < -0.39 is 18.2 Å². The number of allylic oxidation sites excluding steroid dienone is 2. The minimum Gasteiger partial charge on any atom is -0.462 e. The summed E-state index contributed by atoms with van der Waals surface area (Å²) >= 11 is 0. The van der Waals surface area contributed by atoms with E-state index in [0.29, 0.717) is 19.3 Å². The van der Waals surface area contributed by atoms with Crippen molar-refractivity contribution in [2.24, 2.45) is 0 Å². The number of nitrogens with one attached hydrogen (secondary N) is 1. The molecular formula is C59H115NO5. The summed E-state index contributed by atoms with van der Waals surface area (Å²) in [6.07, 6.45) is 61.3. The second-order valence-corrected chi connectivity index (χ2v) is 20.4. The number of esters is 1. The number of unbranched alkanes of at least 4 members (excludes halogenated alkanes) is 40. The first-order valence-electron chi connectivity index (χ1n) is 29.4. The quantitative estimate of drug-likeness (QED) is 0.0321. The van der Waals surface area contributed by atoms with Crippen molar-refractivity contribution >= 4 is 11.9 Å². The first-order chi connectivity index (χ1) is 32.0. The summed E-state index contributed by atoms with van der Waals surface area (Å²) in [4.78, 5) is 26.3. The summed E-state index contributed by atoms with van der Waals surface area (Å²) in [6.45, 7) is 6.52. The van der Waals surface area contributed by atoms with Crippen molar-refractivity contribution in [1.29, 1.82) is 0 Å². The van der Waals surface area contributed by atoms with E-state index in [-0.39, 0.29) is 24.9 Å². The van der Waals surface area contributed by atoms with E-state index in [1.54, 1.807) is 0 Å². The molecule has 1 amide bonds. The van der Waals surface area contributed by atoms with Gasteiger partial charge in [-0.05, 0) is 51.4 Å². The van der Waals surface area contributed by atoms with Crippen molar-refractivity contribution < 1.29 is 24.5 Å². The Morgan fingerprint density at radius 1 is 0.431 bits per heavy atom. The van der Waals surface area contributed by atoms with Crippen LogP contribution in [0.25, 0.3) is 0 Å². The van der Waals surface area contributed by atoms with Gasteiger partial charge in [0.05, 0.1) is 25.2 Å². The van der Waals surface area contributed by atoms with Gasteiger partial charge in [0.2, 0.25) is 5.91 Å². The second kappa shape index (κ2) is 53.6. The van der Waals surface area contributed by atoms with Crippen LogP contribution >= 0.6 is 0 Å². The number of hydrogen-bond acceptors (Lipinski definition) is 5. The van der Waals surface area contributed by atoms with Gasteiger partial charge in [-0.1, -0.05) is 277 Å². The number of amides is 1. The van der Waals surface area contributed by atoms with Crippen LogP contribution in [-0.4, -0.2) is 46.9 Å². The van der Waals surface area contributed by atoms with Gasteiger partial charge in [0.25, 0.3) is 0 Å². The van der Waals surface area contributed by atoms with Crippen molar-refractivity contribution in [3.05, 3.63) is 12.2 Å². The van der Waals surface area contributed by atoms with Crippen LogP contribution in [0.2, 0.25) is 0 Å². The fourth-order valence-electron chi connectivity index (χ4n) is 9.37. The lowest BCUT2D eigenvalue weighted by molar-refractivity contribution is -0.151. The molecule has 0 rings (SSSR count). The third-order valence-corrected chi connectivity index (χ3v) is 13.8.